The van der Waals surface area contributed by atoms with E-state index in [1.807, 2.05) is 24.3 Å². The molecule has 0 aromatic heterocycles. The van der Waals surface area contributed by atoms with E-state index in [1.165, 1.54) is 6.42 Å². The van der Waals surface area contributed by atoms with Crippen LogP contribution in [0, 0.1) is 23.7 Å². The molecule has 1 rings (SSSR count). The van der Waals surface area contributed by atoms with Crippen molar-refractivity contribution in [2.24, 2.45) is 11.8 Å². The van der Waals surface area contributed by atoms with Gasteiger partial charge in [-0.2, -0.15) is 0 Å². The predicted octanol–water partition coefficient (Wildman–Crippen LogP) is 5.14. The summed E-state index contributed by atoms with van der Waals surface area (Å²) in [5.74, 6) is 7.45. The largest absolute Gasteiger partial charge is 0.379 e. The smallest absolute Gasteiger partial charge is 0.162 e. The van der Waals surface area contributed by atoms with Gasteiger partial charge >= 0.3 is 0 Å². The van der Waals surface area contributed by atoms with Gasteiger partial charge in [0.2, 0.25) is 0 Å². The highest BCUT2D eigenvalue weighted by molar-refractivity contribution is 5.96. The van der Waals surface area contributed by atoms with Crippen molar-refractivity contribution in [1.29, 1.82) is 0 Å². The van der Waals surface area contributed by atoms with Crippen molar-refractivity contribution in [2.45, 2.75) is 53.4 Å². The van der Waals surface area contributed by atoms with Crippen molar-refractivity contribution in [3.05, 3.63) is 35.4 Å². The molecule has 0 fully saturated rings. The zero-order valence-electron chi connectivity index (χ0n) is 18.7. The first-order valence-electron chi connectivity index (χ1n) is 10.9. The summed E-state index contributed by atoms with van der Waals surface area (Å²) in [4.78, 5) is 12.2. The van der Waals surface area contributed by atoms with Crippen LogP contribution >= 0.6 is 0 Å². The SMILES string of the molecule is CC(C)C#Cc1ccc(C(=O)CCCOCCOCCOCCCC(C)C)cc1. The molecule has 0 aliphatic heterocycles. The van der Waals surface area contributed by atoms with Crippen molar-refractivity contribution in [2.75, 3.05) is 39.6 Å². The molecule has 29 heavy (non-hydrogen) atoms. The third kappa shape index (κ3) is 14.0. The third-order valence-corrected chi connectivity index (χ3v) is 4.22. The van der Waals surface area contributed by atoms with Crippen molar-refractivity contribution >= 4 is 5.78 Å². The van der Waals surface area contributed by atoms with Crippen molar-refractivity contribution in [3.8, 4) is 11.8 Å². The lowest BCUT2D eigenvalue weighted by atomic mass is 10.0. The molecule has 1 aromatic rings. The number of ketones is 1. The van der Waals surface area contributed by atoms with E-state index in [0.717, 1.165) is 30.1 Å². The van der Waals surface area contributed by atoms with Gasteiger partial charge in [-0.15, -0.1) is 0 Å². The highest BCUT2D eigenvalue weighted by Gasteiger charge is 2.05. The van der Waals surface area contributed by atoms with Crippen LogP contribution in [0.3, 0.4) is 0 Å². The van der Waals surface area contributed by atoms with Crippen LogP contribution in [0.15, 0.2) is 24.3 Å². The summed E-state index contributed by atoms with van der Waals surface area (Å²) in [7, 11) is 0. The first-order chi connectivity index (χ1) is 14.0. The molecule has 4 heteroatoms. The highest BCUT2D eigenvalue weighted by atomic mass is 16.5. The molecular formula is C25H38O4. The lowest BCUT2D eigenvalue weighted by Gasteiger charge is -2.07. The minimum atomic E-state index is 0.142. The normalized spacial score (nSPS) is 11.0. The molecule has 162 valence electrons. The van der Waals surface area contributed by atoms with Crippen LogP contribution in [-0.4, -0.2) is 45.4 Å². The fraction of sp³-hybridized carbons (Fsp3) is 0.640. The van der Waals surface area contributed by atoms with Crippen LogP contribution in [0.2, 0.25) is 0 Å². The second kappa shape index (κ2) is 16.2. The summed E-state index contributed by atoms with van der Waals surface area (Å²) in [5, 5.41) is 0. The molecule has 4 nitrogen and oxygen atoms in total. The number of ether oxygens (including phenoxy) is 3. The fourth-order valence-electron chi connectivity index (χ4n) is 2.58. The van der Waals surface area contributed by atoms with Crippen LogP contribution in [-0.2, 0) is 14.2 Å². The van der Waals surface area contributed by atoms with Gasteiger partial charge < -0.3 is 14.2 Å². The van der Waals surface area contributed by atoms with Gasteiger partial charge in [0.05, 0.1) is 26.4 Å². The number of carbonyl (C=O) groups excluding carboxylic acids is 1. The minimum Gasteiger partial charge on any atom is -0.379 e. The Morgan fingerprint density at radius 1 is 0.828 bits per heavy atom. The quantitative estimate of drug-likeness (QED) is 0.231. The van der Waals surface area contributed by atoms with E-state index in [1.54, 1.807) is 0 Å². The van der Waals surface area contributed by atoms with Crippen LogP contribution in [0.1, 0.15) is 69.3 Å². The summed E-state index contributed by atoms with van der Waals surface area (Å²) in [6, 6.07) is 7.52. The Morgan fingerprint density at radius 3 is 1.93 bits per heavy atom. The van der Waals surface area contributed by atoms with Gasteiger partial charge in [0.1, 0.15) is 0 Å². The van der Waals surface area contributed by atoms with Gasteiger partial charge in [0.15, 0.2) is 5.78 Å². The second-order valence-corrected chi connectivity index (χ2v) is 7.90. The topological polar surface area (TPSA) is 44.8 Å². The zero-order valence-corrected chi connectivity index (χ0v) is 18.7. The number of carbonyl (C=O) groups is 1. The maximum atomic E-state index is 12.2. The number of hydrogen-bond donors (Lipinski definition) is 0. The average Bonchev–Trinajstić information content (AvgIpc) is 2.69. The van der Waals surface area contributed by atoms with Crippen LogP contribution in [0.4, 0.5) is 0 Å². The third-order valence-electron chi connectivity index (χ3n) is 4.22. The molecule has 0 atom stereocenters. The molecule has 0 aliphatic carbocycles. The van der Waals surface area contributed by atoms with Crippen molar-refractivity contribution in [3.63, 3.8) is 0 Å². The lowest BCUT2D eigenvalue weighted by Crippen LogP contribution is -2.11. The van der Waals surface area contributed by atoms with Gasteiger partial charge in [-0.3, -0.25) is 4.79 Å². The van der Waals surface area contributed by atoms with E-state index >= 15 is 0 Å². The summed E-state index contributed by atoms with van der Waals surface area (Å²) < 4.78 is 16.5. The Labute approximate surface area is 177 Å². The average molecular weight is 403 g/mol. The Hall–Kier alpha value is -1.67. The molecule has 0 amide bonds. The fourth-order valence-corrected chi connectivity index (χ4v) is 2.58. The number of benzene rings is 1. The van der Waals surface area contributed by atoms with Gasteiger partial charge in [-0.05, 0) is 37.3 Å². The van der Waals surface area contributed by atoms with E-state index in [0.29, 0.717) is 51.8 Å². The summed E-state index contributed by atoms with van der Waals surface area (Å²) in [5.41, 5.74) is 1.68. The minimum absolute atomic E-state index is 0.142. The highest BCUT2D eigenvalue weighted by Crippen LogP contribution is 2.08. The Balaban J connectivity index is 1.99. The molecule has 0 radical (unpaired) electrons. The van der Waals surface area contributed by atoms with Gasteiger partial charge in [0, 0.05) is 36.7 Å². The van der Waals surface area contributed by atoms with E-state index in [-0.39, 0.29) is 5.78 Å². The maximum absolute atomic E-state index is 12.2. The standard InChI is InChI=1S/C25H38O4/c1-21(2)7-5-15-27-17-19-29-20-18-28-16-6-8-25(26)24-13-11-23(12-14-24)10-9-22(3)4/h11-14,21-22H,5-8,15-20H2,1-4H3. The monoisotopic (exact) mass is 402 g/mol. The maximum Gasteiger partial charge on any atom is 0.162 e. The number of Topliss-reactive ketones (excluding diaryl/α,β-unsaturated/α-hetero) is 1. The molecule has 0 heterocycles. The van der Waals surface area contributed by atoms with Crippen LogP contribution in [0.25, 0.3) is 0 Å². The Morgan fingerprint density at radius 2 is 1.38 bits per heavy atom. The summed E-state index contributed by atoms with van der Waals surface area (Å²) in [6.07, 6.45) is 3.51. The van der Waals surface area contributed by atoms with E-state index in [2.05, 4.69) is 39.5 Å². The molecule has 0 N–H and O–H groups in total. The molecule has 0 spiro atoms. The molecule has 0 unspecified atom stereocenters. The van der Waals surface area contributed by atoms with Gasteiger partial charge in [-0.25, -0.2) is 0 Å². The number of hydrogen-bond acceptors (Lipinski definition) is 4. The van der Waals surface area contributed by atoms with Gasteiger partial charge in [0.25, 0.3) is 0 Å². The van der Waals surface area contributed by atoms with Crippen molar-refractivity contribution in [1.82, 2.24) is 0 Å². The Kier molecular flexibility index (Phi) is 14.1. The first-order valence-corrected chi connectivity index (χ1v) is 10.9. The number of rotatable bonds is 15. The van der Waals surface area contributed by atoms with Crippen molar-refractivity contribution < 1.29 is 19.0 Å². The summed E-state index contributed by atoms with van der Waals surface area (Å²) in [6.45, 7) is 12.3. The van der Waals surface area contributed by atoms with Gasteiger partial charge in [-0.1, -0.05) is 51.7 Å². The molecule has 0 aliphatic rings. The lowest BCUT2D eigenvalue weighted by molar-refractivity contribution is 0.0131. The van der Waals surface area contributed by atoms with E-state index in [9.17, 15) is 4.79 Å². The molecule has 0 bridgehead atoms. The first kappa shape index (κ1) is 25.4. The molecule has 1 aromatic carbocycles. The molecule has 0 saturated carbocycles. The summed E-state index contributed by atoms with van der Waals surface area (Å²) >= 11 is 0. The molecular weight excluding hydrogens is 364 g/mol. The van der Waals surface area contributed by atoms with Crippen LogP contribution < -0.4 is 0 Å². The molecule has 0 saturated heterocycles. The zero-order chi connectivity index (χ0) is 21.3. The second-order valence-electron chi connectivity index (χ2n) is 7.90. The van der Waals surface area contributed by atoms with Crippen LogP contribution in [0.5, 0.6) is 0 Å². The van der Waals surface area contributed by atoms with E-state index in [4.69, 9.17) is 14.2 Å². The van der Waals surface area contributed by atoms with E-state index < -0.39 is 0 Å². The Bertz CT molecular complexity index is 608. The predicted molar refractivity (Wildman–Crippen MR) is 118 cm³/mol.